The summed E-state index contributed by atoms with van der Waals surface area (Å²) in [5, 5.41) is 10.6. The van der Waals surface area contributed by atoms with E-state index in [4.69, 9.17) is 11.6 Å². The predicted octanol–water partition coefficient (Wildman–Crippen LogP) is 3.52. The van der Waals surface area contributed by atoms with Crippen LogP contribution in [0.2, 0.25) is 5.02 Å². The molecule has 122 valence electrons. The minimum Gasteiger partial charge on any atom is -0.269 e. The molecule has 0 spiro atoms. The molecule has 23 heavy (non-hydrogen) atoms. The van der Waals surface area contributed by atoms with Gasteiger partial charge in [-0.3, -0.25) is 14.4 Å². The van der Waals surface area contributed by atoms with E-state index in [0.29, 0.717) is 5.56 Å². The minimum atomic E-state index is -4.06. The van der Waals surface area contributed by atoms with Gasteiger partial charge in [-0.2, -0.15) is 0 Å². The van der Waals surface area contributed by atoms with E-state index in [1.807, 2.05) is 0 Å². The summed E-state index contributed by atoms with van der Waals surface area (Å²) < 4.78 is 39.5. The van der Waals surface area contributed by atoms with Crippen molar-refractivity contribution in [3.8, 4) is 0 Å². The third-order valence-electron chi connectivity index (χ3n) is 3.29. The molecule has 2 rings (SSSR count). The Balaban J connectivity index is 2.55. The van der Waals surface area contributed by atoms with Crippen molar-refractivity contribution in [1.82, 2.24) is 0 Å². The molecule has 0 saturated heterocycles. The summed E-state index contributed by atoms with van der Waals surface area (Å²) in [6, 6.07) is 7.04. The zero-order valence-corrected chi connectivity index (χ0v) is 13.7. The fraction of sp³-hybridized carbons (Fsp3) is 0.143. The molecule has 0 heterocycles. The average Bonchev–Trinajstić information content (AvgIpc) is 2.49. The number of sulfonamides is 1. The number of non-ortho nitro benzene ring substituents is 1. The Labute approximate surface area is 137 Å². The maximum atomic E-state index is 13.2. The van der Waals surface area contributed by atoms with Crippen LogP contribution in [0.3, 0.4) is 0 Å². The number of aryl methyl sites for hydroxylation is 1. The highest BCUT2D eigenvalue weighted by Gasteiger charge is 2.26. The van der Waals surface area contributed by atoms with Gasteiger partial charge in [0, 0.05) is 19.2 Å². The molecular weight excluding hydrogens is 347 g/mol. The number of anilines is 1. The Hall–Kier alpha value is -2.19. The molecule has 0 N–H and O–H groups in total. The van der Waals surface area contributed by atoms with Crippen LogP contribution in [-0.4, -0.2) is 20.4 Å². The van der Waals surface area contributed by atoms with Crippen molar-refractivity contribution in [2.45, 2.75) is 11.8 Å². The van der Waals surface area contributed by atoms with Gasteiger partial charge < -0.3 is 0 Å². The smallest absolute Gasteiger partial charge is 0.269 e. The Bertz CT molecular complexity index is 886. The van der Waals surface area contributed by atoms with Gasteiger partial charge in [0.2, 0.25) is 0 Å². The predicted molar refractivity (Wildman–Crippen MR) is 84.8 cm³/mol. The van der Waals surface area contributed by atoms with Crippen molar-refractivity contribution in [3.63, 3.8) is 0 Å². The fourth-order valence-electron chi connectivity index (χ4n) is 1.95. The lowest BCUT2D eigenvalue weighted by Crippen LogP contribution is -2.27. The highest BCUT2D eigenvalue weighted by atomic mass is 35.5. The second kappa shape index (κ2) is 6.13. The highest BCUT2D eigenvalue weighted by molar-refractivity contribution is 7.92. The van der Waals surface area contributed by atoms with E-state index in [1.54, 1.807) is 0 Å². The van der Waals surface area contributed by atoms with Crippen LogP contribution in [0.4, 0.5) is 15.8 Å². The number of rotatable bonds is 4. The molecule has 9 heteroatoms. The third kappa shape index (κ3) is 3.27. The largest absolute Gasteiger partial charge is 0.270 e. The number of halogens is 2. The van der Waals surface area contributed by atoms with Gasteiger partial charge in [-0.25, -0.2) is 12.8 Å². The Kier molecular flexibility index (Phi) is 4.58. The van der Waals surface area contributed by atoms with Crippen LogP contribution >= 0.6 is 11.6 Å². The molecule has 0 atom stereocenters. The van der Waals surface area contributed by atoms with Gasteiger partial charge in [0.05, 0.1) is 20.5 Å². The SMILES string of the molecule is Cc1ccc([N+](=O)[O-])cc1S(=O)(=O)N(C)c1ccc(F)c(Cl)c1. The summed E-state index contributed by atoms with van der Waals surface area (Å²) in [6.07, 6.45) is 0. The second-order valence-electron chi connectivity index (χ2n) is 4.78. The van der Waals surface area contributed by atoms with Gasteiger partial charge in [0.25, 0.3) is 15.7 Å². The summed E-state index contributed by atoms with van der Waals surface area (Å²) >= 11 is 5.67. The van der Waals surface area contributed by atoms with E-state index in [-0.39, 0.29) is 21.3 Å². The van der Waals surface area contributed by atoms with Crippen molar-refractivity contribution >= 4 is 33.0 Å². The Morgan fingerprint density at radius 2 is 1.87 bits per heavy atom. The van der Waals surface area contributed by atoms with Crippen molar-refractivity contribution in [3.05, 3.63) is 62.9 Å². The Morgan fingerprint density at radius 3 is 2.43 bits per heavy atom. The zero-order chi connectivity index (χ0) is 17.4. The summed E-state index contributed by atoms with van der Waals surface area (Å²) in [7, 11) is -2.80. The molecule has 0 aliphatic rings. The molecule has 0 aliphatic heterocycles. The molecule has 0 fully saturated rings. The lowest BCUT2D eigenvalue weighted by atomic mass is 10.2. The number of benzene rings is 2. The van der Waals surface area contributed by atoms with Crippen LogP contribution in [0.5, 0.6) is 0 Å². The van der Waals surface area contributed by atoms with Crippen molar-refractivity contribution in [2.75, 3.05) is 11.4 Å². The van der Waals surface area contributed by atoms with E-state index >= 15 is 0 Å². The van der Waals surface area contributed by atoms with Crippen LogP contribution in [0.25, 0.3) is 0 Å². The molecule has 0 bridgehead atoms. The van der Waals surface area contributed by atoms with Gasteiger partial charge in [-0.05, 0) is 30.7 Å². The molecule has 6 nitrogen and oxygen atoms in total. The first-order chi connectivity index (χ1) is 10.6. The number of nitrogens with zero attached hydrogens (tertiary/aromatic N) is 2. The number of hydrogen-bond donors (Lipinski definition) is 0. The topological polar surface area (TPSA) is 80.5 Å². The van der Waals surface area contributed by atoms with Gasteiger partial charge in [0.15, 0.2) is 0 Å². The normalized spacial score (nSPS) is 11.3. The first-order valence-corrected chi connectivity index (χ1v) is 8.15. The van der Waals surface area contributed by atoms with Crippen LogP contribution < -0.4 is 4.31 Å². The molecule has 0 saturated carbocycles. The molecule has 2 aromatic carbocycles. The summed E-state index contributed by atoms with van der Waals surface area (Å²) in [5.41, 5.74) is 0.165. The molecule has 0 radical (unpaired) electrons. The lowest BCUT2D eigenvalue weighted by Gasteiger charge is -2.20. The molecule has 0 amide bonds. The van der Waals surface area contributed by atoms with Crippen LogP contribution in [-0.2, 0) is 10.0 Å². The van der Waals surface area contributed by atoms with E-state index in [0.717, 1.165) is 16.4 Å². The van der Waals surface area contributed by atoms with Gasteiger partial charge in [-0.15, -0.1) is 0 Å². The van der Waals surface area contributed by atoms with E-state index in [2.05, 4.69) is 0 Å². The summed E-state index contributed by atoms with van der Waals surface area (Å²) in [6.45, 7) is 1.53. The van der Waals surface area contributed by atoms with Gasteiger partial charge >= 0.3 is 0 Å². The molecular formula is C14H12ClFN2O4S. The van der Waals surface area contributed by atoms with Crippen molar-refractivity contribution in [2.24, 2.45) is 0 Å². The van der Waals surface area contributed by atoms with Crippen molar-refractivity contribution < 1.29 is 17.7 Å². The average molecular weight is 359 g/mol. The maximum Gasteiger partial charge on any atom is 0.270 e. The first-order valence-electron chi connectivity index (χ1n) is 6.33. The van der Waals surface area contributed by atoms with Crippen LogP contribution in [0.15, 0.2) is 41.3 Å². The summed E-state index contributed by atoms with van der Waals surface area (Å²) in [4.78, 5) is 9.98. The fourth-order valence-corrected chi connectivity index (χ4v) is 3.55. The van der Waals surface area contributed by atoms with E-state index < -0.39 is 20.8 Å². The second-order valence-corrected chi connectivity index (χ2v) is 7.12. The number of hydrogen-bond acceptors (Lipinski definition) is 4. The minimum absolute atomic E-state index is 0.141. The van der Waals surface area contributed by atoms with Crippen molar-refractivity contribution in [1.29, 1.82) is 0 Å². The highest BCUT2D eigenvalue weighted by Crippen LogP contribution is 2.29. The quantitative estimate of drug-likeness (QED) is 0.618. The number of nitro groups is 1. The monoisotopic (exact) mass is 358 g/mol. The van der Waals surface area contributed by atoms with E-state index in [1.165, 1.54) is 38.2 Å². The standard InChI is InChI=1S/C14H12ClFN2O4S/c1-9-3-4-11(18(19)20)8-14(9)23(21,22)17(2)10-5-6-13(16)12(15)7-10/h3-8H,1-2H3. The van der Waals surface area contributed by atoms with E-state index in [9.17, 15) is 22.9 Å². The molecule has 2 aromatic rings. The van der Waals surface area contributed by atoms with Crippen LogP contribution in [0, 0.1) is 22.9 Å². The van der Waals surface area contributed by atoms with Gasteiger partial charge in [-0.1, -0.05) is 17.7 Å². The summed E-state index contributed by atoms with van der Waals surface area (Å²) in [5.74, 6) is -0.673. The first kappa shape index (κ1) is 17.2. The third-order valence-corrected chi connectivity index (χ3v) is 5.50. The number of nitro benzene ring substituents is 1. The Morgan fingerprint density at radius 1 is 1.22 bits per heavy atom. The molecule has 0 aromatic heterocycles. The molecule has 0 unspecified atom stereocenters. The maximum absolute atomic E-state index is 13.2. The van der Waals surface area contributed by atoms with Crippen LogP contribution in [0.1, 0.15) is 5.56 Å². The zero-order valence-electron chi connectivity index (χ0n) is 12.2. The molecule has 0 aliphatic carbocycles. The van der Waals surface area contributed by atoms with Gasteiger partial charge in [0.1, 0.15) is 5.82 Å². The lowest BCUT2D eigenvalue weighted by molar-refractivity contribution is -0.385.